The summed E-state index contributed by atoms with van der Waals surface area (Å²) in [5.41, 5.74) is 9.74. The molecule has 88 valence electrons. The molecule has 0 aliphatic heterocycles. The van der Waals surface area contributed by atoms with Crippen molar-refractivity contribution in [3.8, 4) is 0 Å². The number of nitrogens with zero attached hydrogens (tertiary/aromatic N) is 1. The smallest absolute Gasteiger partial charge is 0.0422 e. The van der Waals surface area contributed by atoms with Gasteiger partial charge in [-0.05, 0) is 29.7 Å². The Kier molecular flexibility index (Phi) is 3.89. The summed E-state index contributed by atoms with van der Waals surface area (Å²) in [5.74, 6) is 0. The van der Waals surface area contributed by atoms with Crippen molar-refractivity contribution in [2.24, 2.45) is 5.73 Å². The second-order valence-corrected chi connectivity index (χ2v) is 4.23. The van der Waals surface area contributed by atoms with E-state index in [0.29, 0.717) is 0 Å². The number of benzene rings is 1. The fourth-order valence-electron chi connectivity index (χ4n) is 1.86. The average Bonchev–Trinajstić information content (AvgIpc) is 2.40. The van der Waals surface area contributed by atoms with Crippen LogP contribution < -0.4 is 5.73 Å². The van der Waals surface area contributed by atoms with Gasteiger partial charge < -0.3 is 5.73 Å². The molecule has 0 amide bonds. The van der Waals surface area contributed by atoms with Crippen LogP contribution in [-0.2, 0) is 12.8 Å². The molecule has 0 saturated carbocycles. The summed E-state index contributed by atoms with van der Waals surface area (Å²) in [6, 6.07) is 14.5. The van der Waals surface area contributed by atoms with Crippen LogP contribution in [0.5, 0.6) is 0 Å². The van der Waals surface area contributed by atoms with Gasteiger partial charge in [-0.25, -0.2) is 0 Å². The van der Waals surface area contributed by atoms with Gasteiger partial charge in [-0.2, -0.15) is 0 Å². The molecule has 0 spiro atoms. The van der Waals surface area contributed by atoms with E-state index in [1.165, 1.54) is 11.1 Å². The molecule has 1 aromatic heterocycles. The predicted octanol–water partition coefficient (Wildman–Crippen LogP) is 2.89. The van der Waals surface area contributed by atoms with Gasteiger partial charge >= 0.3 is 0 Å². The van der Waals surface area contributed by atoms with Crippen LogP contribution in [0.25, 0.3) is 0 Å². The molecule has 1 aromatic carbocycles. The molecule has 2 nitrogen and oxygen atoms in total. The van der Waals surface area contributed by atoms with Gasteiger partial charge in [0, 0.05) is 24.4 Å². The Labute approximate surface area is 103 Å². The molecular formula is C15H18N2. The molecule has 1 atom stereocenters. The molecule has 2 heteroatoms. The Bertz CT molecular complexity index is 448. The molecule has 2 rings (SSSR count). The fraction of sp³-hybridized carbons (Fsp3) is 0.267. The van der Waals surface area contributed by atoms with Gasteiger partial charge in [0.15, 0.2) is 0 Å². The lowest BCUT2D eigenvalue weighted by atomic mass is 10.0. The van der Waals surface area contributed by atoms with Crippen LogP contribution in [0.15, 0.2) is 48.7 Å². The van der Waals surface area contributed by atoms with E-state index in [1.54, 1.807) is 0 Å². The van der Waals surface area contributed by atoms with E-state index in [0.717, 1.165) is 18.5 Å². The maximum Gasteiger partial charge on any atom is 0.0422 e. The highest BCUT2D eigenvalue weighted by Gasteiger charge is 2.07. The minimum absolute atomic E-state index is 0.0239. The van der Waals surface area contributed by atoms with Crippen molar-refractivity contribution in [2.45, 2.75) is 25.8 Å². The third-order valence-corrected chi connectivity index (χ3v) is 2.97. The SMILES string of the molecule is CCc1ccc(C(N)Cc2ccccn2)cc1. The van der Waals surface area contributed by atoms with E-state index in [4.69, 9.17) is 5.73 Å². The first-order valence-corrected chi connectivity index (χ1v) is 6.04. The van der Waals surface area contributed by atoms with Crippen molar-refractivity contribution >= 4 is 0 Å². The summed E-state index contributed by atoms with van der Waals surface area (Å²) in [4.78, 5) is 4.30. The van der Waals surface area contributed by atoms with E-state index >= 15 is 0 Å². The summed E-state index contributed by atoms with van der Waals surface area (Å²) in [5, 5.41) is 0. The van der Waals surface area contributed by atoms with Crippen molar-refractivity contribution in [1.82, 2.24) is 4.98 Å². The molecule has 0 fully saturated rings. The normalized spacial score (nSPS) is 12.4. The number of rotatable bonds is 4. The number of aryl methyl sites for hydroxylation is 1. The van der Waals surface area contributed by atoms with Crippen molar-refractivity contribution < 1.29 is 0 Å². The van der Waals surface area contributed by atoms with Gasteiger partial charge in [0.2, 0.25) is 0 Å². The third kappa shape index (κ3) is 3.14. The largest absolute Gasteiger partial charge is 0.324 e. The van der Waals surface area contributed by atoms with E-state index in [9.17, 15) is 0 Å². The maximum absolute atomic E-state index is 6.18. The summed E-state index contributed by atoms with van der Waals surface area (Å²) in [6.45, 7) is 2.16. The number of pyridine rings is 1. The van der Waals surface area contributed by atoms with Crippen LogP contribution in [0.4, 0.5) is 0 Å². The molecule has 0 radical (unpaired) electrons. The zero-order chi connectivity index (χ0) is 12.1. The monoisotopic (exact) mass is 226 g/mol. The minimum Gasteiger partial charge on any atom is -0.324 e. The average molecular weight is 226 g/mol. The zero-order valence-electron chi connectivity index (χ0n) is 10.1. The molecule has 0 aliphatic rings. The fourth-order valence-corrected chi connectivity index (χ4v) is 1.86. The summed E-state index contributed by atoms with van der Waals surface area (Å²) in [6.07, 6.45) is 3.66. The van der Waals surface area contributed by atoms with Crippen molar-refractivity contribution in [2.75, 3.05) is 0 Å². The van der Waals surface area contributed by atoms with Crippen molar-refractivity contribution in [3.63, 3.8) is 0 Å². The van der Waals surface area contributed by atoms with Crippen molar-refractivity contribution in [1.29, 1.82) is 0 Å². The molecule has 2 N–H and O–H groups in total. The number of nitrogens with two attached hydrogens (primary N) is 1. The van der Waals surface area contributed by atoms with E-state index in [-0.39, 0.29) is 6.04 Å². The van der Waals surface area contributed by atoms with Gasteiger partial charge in [0.05, 0.1) is 0 Å². The molecule has 0 bridgehead atoms. The number of hydrogen-bond acceptors (Lipinski definition) is 2. The molecule has 0 saturated heterocycles. The highest BCUT2D eigenvalue weighted by Crippen LogP contribution is 2.15. The Hall–Kier alpha value is -1.67. The molecule has 17 heavy (non-hydrogen) atoms. The zero-order valence-corrected chi connectivity index (χ0v) is 10.1. The lowest BCUT2D eigenvalue weighted by Gasteiger charge is -2.12. The second-order valence-electron chi connectivity index (χ2n) is 4.23. The first kappa shape index (κ1) is 11.8. The van der Waals surface area contributed by atoms with Gasteiger partial charge in [0.1, 0.15) is 0 Å². The summed E-state index contributed by atoms with van der Waals surface area (Å²) < 4.78 is 0. The van der Waals surface area contributed by atoms with Gasteiger partial charge in [0.25, 0.3) is 0 Å². The van der Waals surface area contributed by atoms with E-state index in [1.807, 2.05) is 24.4 Å². The standard InChI is InChI=1S/C15H18N2/c1-2-12-6-8-13(9-7-12)15(16)11-14-5-3-4-10-17-14/h3-10,15H,2,11,16H2,1H3. The molecule has 1 heterocycles. The lowest BCUT2D eigenvalue weighted by Crippen LogP contribution is -2.14. The first-order chi connectivity index (χ1) is 8.29. The lowest BCUT2D eigenvalue weighted by molar-refractivity contribution is 0.706. The van der Waals surface area contributed by atoms with E-state index < -0.39 is 0 Å². The van der Waals surface area contributed by atoms with E-state index in [2.05, 4.69) is 36.2 Å². The summed E-state index contributed by atoms with van der Waals surface area (Å²) >= 11 is 0. The van der Waals surface area contributed by atoms with Gasteiger partial charge in [-0.3, -0.25) is 4.98 Å². The number of hydrogen-bond donors (Lipinski definition) is 1. The second kappa shape index (κ2) is 5.60. The quantitative estimate of drug-likeness (QED) is 0.870. The molecule has 0 aliphatic carbocycles. The Morgan fingerprint density at radius 3 is 2.47 bits per heavy atom. The van der Waals surface area contributed by atoms with Gasteiger partial charge in [-0.1, -0.05) is 37.3 Å². The van der Waals surface area contributed by atoms with Crippen LogP contribution in [0.1, 0.15) is 29.8 Å². The van der Waals surface area contributed by atoms with Crippen LogP contribution in [0, 0.1) is 0 Å². The Balaban J connectivity index is 2.06. The topological polar surface area (TPSA) is 38.9 Å². The Morgan fingerprint density at radius 2 is 1.88 bits per heavy atom. The Morgan fingerprint density at radius 1 is 1.12 bits per heavy atom. The highest BCUT2D eigenvalue weighted by molar-refractivity contribution is 5.25. The van der Waals surface area contributed by atoms with Crippen LogP contribution in [0.3, 0.4) is 0 Å². The van der Waals surface area contributed by atoms with Crippen molar-refractivity contribution in [3.05, 3.63) is 65.5 Å². The molecule has 2 aromatic rings. The van der Waals surface area contributed by atoms with Gasteiger partial charge in [-0.15, -0.1) is 0 Å². The van der Waals surface area contributed by atoms with Crippen LogP contribution in [0.2, 0.25) is 0 Å². The third-order valence-electron chi connectivity index (χ3n) is 2.97. The number of aromatic nitrogens is 1. The minimum atomic E-state index is 0.0239. The van der Waals surface area contributed by atoms with Crippen LogP contribution >= 0.6 is 0 Å². The van der Waals surface area contributed by atoms with Crippen LogP contribution in [-0.4, -0.2) is 4.98 Å². The maximum atomic E-state index is 6.18. The first-order valence-electron chi connectivity index (χ1n) is 6.04. The molecule has 1 unspecified atom stereocenters. The highest BCUT2D eigenvalue weighted by atomic mass is 14.7. The molecular weight excluding hydrogens is 208 g/mol. The predicted molar refractivity (Wildman–Crippen MR) is 70.7 cm³/mol. The summed E-state index contributed by atoms with van der Waals surface area (Å²) in [7, 11) is 0.